The van der Waals surface area contributed by atoms with Crippen molar-refractivity contribution in [3.63, 3.8) is 0 Å². The first-order valence-corrected chi connectivity index (χ1v) is 4.92. The monoisotopic (exact) mass is 199 g/mol. The van der Waals surface area contributed by atoms with Crippen LogP contribution in [0.1, 0.15) is 41.0 Å². The molecule has 4 nitrogen and oxygen atoms in total. The molecule has 0 fully saturated rings. The average molecular weight is 199 g/mol. The van der Waals surface area contributed by atoms with Crippen LogP contribution in [0, 0.1) is 0 Å². The molecular formula is C10H19N2O2. The second-order valence-corrected chi connectivity index (χ2v) is 4.96. The van der Waals surface area contributed by atoms with E-state index in [1.807, 2.05) is 13.8 Å². The van der Waals surface area contributed by atoms with Crippen molar-refractivity contribution in [2.75, 3.05) is 0 Å². The Morgan fingerprint density at radius 1 is 1.43 bits per heavy atom. The van der Waals surface area contributed by atoms with Crippen molar-refractivity contribution in [3.05, 3.63) is 0 Å². The zero-order chi connectivity index (χ0) is 11.1. The molecule has 1 radical (unpaired) electrons. The van der Waals surface area contributed by atoms with Gasteiger partial charge in [-0.1, -0.05) is 0 Å². The minimum Gasteiger partial charge on any atom is -0.393 e. The maximum atomic E-state index is 11.9. The standard InChI is InChI=1S/C10H19N2O2/c1-7(13)6-8-9(2,3)12(14)10(4,5)11-8/h7,13H,6H2,1-5H3. The van der Waals surface area contributed by atoms with Crippen molar-refractivity contribution in [1.29, 1.82) is 0 Å². The Hall–Kier alpha value is -0.450. The molecule has 1 rings (SSSR count). The Morgan fingerprint density at radius 3 is 2.21 bits per heavy atom. The van der Waals surface area contributed by atoms with Crippen LogP contribution in [0.5, 0.6) is 0 Å². The van der Waals surface area contributed by atoms with Gasteiger partial charge in [0.05, 0.1) is 11.6 Å². The summed E-state index contributed by atoms with van der Waals surface area (Å²) < 4.78 is 0. The molecule has 0 aromatic heterocycles. The highest BCUT2D eigenvalue weighted by Crippen LogP contribution is 2.34. The van der Waals surface area contributed by atoms with Crippen LogP contribution in [0.2, 0.25) is 0 Å². The summed E-state index contributed by atoms with van der Waals surface area (Å²) in [6.07, 6.45) is 0.0187. The number of hydroxylamine groups is 2. The first kappa shape index (κ1) is 11.6. The molecule has 0 aromatic rings. The van der Waals surface area contributed by atoms with Crippen LogP contribution in [-0.4, -0.2) is 33.2 Å². The van der Waals surface area contributed by atoms with Crippen molar-refractivity contribution in [2.24, 2.45) is 4.99 Å². The molecule has 1 N–H and O–H groups in total. The first-order chi connectivity index (χ1) is 6.18. The van der Waals surface area contributed by atoms with Crippen molar-refractivity contribution in [1.82, 2.24) is 5.06 Å². The topological polar surface area (TPSA) is 55.7 Å². The fraction of sp³-hybridized carbons (Fsp3) is 0.900. The molecule has 1 aliphatic rings. The number of aliphatic imine (C=N–C) groups is 1. The van der Waals surface area contributed by atoms with Gasteiger partial charge in [0.15, 0.2) is 0 Å². The van der Waals surface area contributed by atoms with Crippen LogP contribution in [0.4, 0.5) is 0 Å². The smallest absolute Gasteiger partial charge is 0.134 e. The van der Waals surface area contributed by atoms with E-state index in [0.29, 0.717) is 6.42 Å². The highest BCUT2D eigenvalue weighted by Gasteiger charge is 2.48. The average Bonchev–Trinajstić information content (AvgIpc) is 2.12. The van der Waals surface area contributed by atoms with E-state index >= 15 is 0 Å². The largest absolute Gasteiger partial charge is 0.393 e. The molecule has 1 aliphatic heterocycles. The Balaban J connectivity index is 2.94. The van der Waals surface area contributed by atoms with Gasteiger partial charge in [0, 0.05) is 12.1 Å². The van der Waals surface area contributed by atoms with Crippen LogP contribution in [0.25, 0.3) is 0 Å². The summed E-state index contributed by atoms with van der Waals surface area (Å²) in [6.45, 7) is 8.97. The highest BCUT2D eigenvalue weighted by molar-refractivity contribution is 5.95. The predicted molar refractivity (Wildman–Crippen MR) is 54.4 cm³/mol. The Labute approximate surface area is 85.2 Å². The van der Waals surface area contributed by atoms with Gasteiger partial charge < -0.3 is 5.11 Å². The lowest BCUT2D eigenvalue weighted by atomic mass is 9.94. The van der Waals surface area contributed by atoms with Crippen LogP contribution in [-0.2, 0) is 5.21 Å². The van der Waals surface area contributed by atoms with Gasteiger partial charge in [-0.2, -0.15) is 0 Å². The fourth-order valence-corrected chi connectivity index (χ4v) is 1.89. The van der Waals surface area contributed by atoms with E-state index in [9.17, 15) is 10.3 Å². The molecule has 0 spiro atoms. The summed E-state index contributed by atoms with van der Waals surface area (Å²) in [4.78, 5) is 4.36. The zero-order valence-corrected chi connectivity index (χ0v) is 9.53. The van der Waals surface area contributed by atoms with Gasteiger partial charge >= 0.3 is 0 Å². The second-order valence-electron chi connectivity index (χ2n) is 4.96. The lowest BCUT2D eigenvalue weighted by Crippen LogP contribution is -2.49. The van der Waals surface area contributed by atoms with Crippen LogP contribution in [0.15, 0.2) is 4.99 Å². The Kier molecular flexibility index (Phi) is 2.73. The van der Waals surface area contributed by atoms with Crippen LogP contribution < -0.4 is 0 Å². The third kappa shape index (κ3) is 1.82. The van der Waals surface area contributed by atoms with E-state index in [1.165, 1.54) is 0 Å². The van der Waals surface area contributed by atoms with Gasteiger partial charge in [-0.3, -0.25) is 4.99 Å². The third-order valence-corrected chi connectivity index (χ3v) is 2.61. The van der Waals surface area contributed by atoms with Crippen LogP contribution >= 0.6 is 0 Å². The molecule has 0 aromatic carbocycles. The summed E-state index contributed by atoms with van der Waals surface area (Å²) in [7, 11) is 0. The van der Waals surface area contributed by atoms with Gasteiger partial charge in [0.25, 0.3) is 0 Å². The highest BCUT2D eigenvalue weighted by atomic mass is 16.5. The van der Waals surface area contributed by atoms with E-state index in [0.717, 1.165) is 10.8 Å². The number of hydrogen-bond acceptors (Lipinski definition) is 3. The number of nitrogens with zero attached hydrogens (tertiary/aromatic N) is 2. The van der Waals surface area contributed by atoms with Gasteiger partial charge in [-0.05, 0) is 34.6 Å². The van der Waals surface area contributed by atoms with E-state index in [1.54, 1.807) is 20.8 Å². The first-order valence-electron chi connectivity index (χ1n) is 4.92. The SMILES string of the molecule is CC(O)CC1=NC(C)(C)N([O])C1(C)C. The second kappa shape index (κ2) is 3.29. The van der Waals surface area contributed by atoms with Gasteiger partial charge in [-0.25, -0.2) is 0 Å². The van der Waals surface area contributed by atoms with E-state index in [2.05, 4.69) is 4.99 Å². The zero-order valence-electron chi connectivity index (χ0n) is 9.53. The normalized spacial score (nSPS) is 27.5. The maximum Gasteiger partial charge on any atom is 0.134 e. The predicted octanol–water partition coefficient (Wildman–Crippen LogP) is 1.37. The summed E-state index contributed by atoms with van der Waals surface area (Å²) in [5.74, 6) is 0. The molecule has 0 amide bonds. The molecule has 1 atom stereocenters. The van der Waals surface area contributed by atoms with Crippen molar-refractivity contribution in [2.45, 2.75) is 58.3 Å². The van der Waals surface area contributed by atoms with E-state index in [4.69, 9.17) is 0 Å². The van der Waals surface area contributed by atoms with Crippen molar-refractivity contribution in [3.8, 4) is 0 Å². The number of rotatable bonds is 2. The molecule has 81 valence electrons. The molecule has 0 bridgehead atoms. The maximum absolute atomic E-state index is 11.9. The summed E-state index contributed by atoms with van der Waals surface area (Å²) in [5.41, 5.74) is -0.513. The molecule has 0 saturated heterocycles. The molecule has 0 aliphatic carbocycles. The Morgan fingerprint density at radius 2 is 1.93 bits per heavy atom. The van der Waals surface area contributed by atoms with Crippen molar-refractivity contribution < 1.29 is 10.3 Å². The van der Waals surface area contributed by atoms with Crippen LogP contribution in [0.3, 0.4) is 0 Å². The number of aliphatic hydroxyl groups excluding tert-OH is 1. The lowest BCUT2D eigenvalue weighted by molar-refractivity contribution is -0.241. The quantitative estimate of drug-likeness (QED) is 0.730. The summed E-state index contributed by atoms with van der Waals surface area (Å²) >= 11 is 0. The molecule has 1 unspecified atom stereocenters. The van der Waals surface area contributed by atoms with E-state index in [-0.39, 0.29) is 0 Å². The number of hydrogen-bond donors (Lipinski definition) is 1. The molecule has 0 saturated carbocycles. The fourth-order valence-electron chi connectivity index (χ4n) is 1.89. The summed E-state index contributed by atoms with van der Waals surface area (Å²) in [6, 6.07) is 0. The van der Waals surface area contributed by atoms with Gasteiger partial charge in [-0.15, -0.1) is 10.3 Å². The molecule has 1 heterocycles. The third-order valence-electron chi connectivity index (χ3n) is 2.61. The van der Waals surface area contributed by atoms with Gasteiger partial charge in [0.2, 0.25) is 0 Å². The Bertz CT molecular complexity index is 257. The van der Waals surface area contributed by atoms with Gasteiger partial charge in [0.1, 0.15) is 5.66 Å². The lowest BCUT2D eigenvalue weighted by Gasteiger charge is -2.31. The van der Waals surface area contributed by atoms with E-state index < -0.39 is 17.3 Å². The van der Waals surface area contributed by atoms with Crippen molar-refractivity contribution >= 4 is 5.71 Å². The number of aliphatic hydroxyl groups is 1. The minimum atomic E-state index is -0.701. The minimum absolute atomic E-state index is 0.449. The molecule has 14 heavy (non-hydrogen) atoms. The molecular weight excluding hydrogens is 180 g/mol. The molecule has 4 heteroatoms. The summed E-state index contributed by atoms with van der Waals surface area (Å²) in [5, 5.41) is 22.2.